The van der Waals surface area contributed by atoms with Crippen LogP contribution in [-0.4, -0.2) is 31.3 Å². The van der Waals surface area contributed by atoms with Crippen molar-refractivity contribution in [2.75, 3.05) is 14.2 Å². The van der Waals surface area contributed by atoms with Crippen LogP contribution in [0.4, 0.5) is 0 Å². The number of carbonyl (C=O) groups excluding carboxylic acids is 1. The van der Waals surface area contributed by atoms with E-state index < -0.39 is 11.9 Å². The number of esters is 1. The first-order chi connectivity index (χ1) is 14.5. The summed E-state index contributed by atoms with van der Waals surface area (Å²) < 4.78 is 15.7. The minimum Gasteiger partial charge on any atom is -0.497 e. The third-order valence-electron chi connectivity index (χ3n) is 4.34. The number of rotatable bonds is 7. The Morgan fingerprint density at radius 1 is 0.800 bits per heavy atom. The fourth-order valence-corrected chi connectivity index (χ4v) is 2.83. The second-order valence-corrected chi connectivity index (χ2v) is 6.25. The summed E-state index contributed by atoms with van der Waals surface area (Å²) in [5, 5.41) is 9.61. The zero-order valence-electron chi connectivity index (χ0n) is 16.5. The number of aliphatic carboxylic acids is 1. The summed E-state index contributed by atoms with van der Waals surface area (Å²) in [4.78, 5) is 23.9. The van der Waals surface area contributed by atoms with Crippen molar-refractivity contribution in [2.24, 2.45) is 0 Å². The van der Waals surface area contributed by atoms with Gasteiger partial charge in [0.1, 0.15) is 17.3 Å². The Hall–Kier alpha value is -4.06. The molecular formula is C24H20O6. The number of ether oxygens (including phenoxy) is 2. The molecule has 0 spiro atoms. The first kappa shape index (κ1) is 20.7. The Morgan fingerprint density at radius 2 is 1.37 bits per heavy atom. The predicted molar refractivity (Wildman–Crippen MR) is 114 cm³/mol. The van der Waals surface area contributed by atoms with Gasteiger partial charge in [-0.15, -0.1) is 0 Å². The second-order valence-electron chi connectivity index (χ2n) is 6.25. The highest BCUT2D eigenvalue weighted by Gasteiger charge is 2.15. The van der Waals surface area contributed by atoms with E-state index in [1.807, 2.05) is 18.2 Å². The zero-order chi connectivity index (χ0) is 21.5. The van der Waals surface area contributed by atoms with Gasteiger partial charge in [0, 0.05) is 0 Å². The minimum absolute atomic E-state index is 0.0683. The number of carbonyl (C=O) groups is 2. The maximum absolute atomic E-state index is 12.2. The SMILES string of the molecule is COC(=O)/C(=C\c1ccc(/C=C(/C(=O)O)c2ccc(OC)cc2)o1)c1ccccc1. The zero-order valence-corrected chi connectivity index (χ0v) is 16.5. The lowest BCUT2D eigenvalue weighted by molar-refractivity contribution is -0.133. The van der Waals surface area contributed by atoms with Gasteiger partial charge in [0.2, 0.25) is 0 Å². The molecule has 1 aromatic heterocycles. The summed E-state index contributed by atoms with van der Waals surface area (Å²) in [6, 6.07) is 19.0. The van der Waals surface area contributed by atoms with Crippen LogP contribution in [0, 0.1) is 0 Å². The van der Waals surface area contributed by atoms with Crippen LogP contribution in [0.1, 0.15) is 22.6 Å². The summed E-state index contributed by atoms with van der Waals surface area (Å²) in [7, 11) is 2.85. The van der Waals surface area contributed by atoms with Gasteiger partial charge in [-0.05, 0) is 47.5 Å². The lowest BCUT2D eigenvalue weighted by atomic mass is 10.0. The molecule has 0 bridgehead atoms. The first-order valence-electron chi connectivity index (χ1n) is 9.06. The Kier molecular flexibility index (Phi) is 6.49. The number of carboxylic acids is 1. The monoisotopic (exact) mass is 404 g/mol. The van der Waals surface area contributed by atoms with E-state index in [0.717, 1.165) is 0 Å². The molecule has 1 N–H and O–H groups in total. The van der Waals surface area contributed by atoms with Gasteiger partial charge in [-0.3, -0.25) is 0 Å². The van der Waals surface area contributed by atoms with Crippen molar-refractivity contribution in [3.63, 3.8) is 0 Å². The van der Waals surface area contributed by atoms with Crippen molar-refractivity contribution >= 4 is 35.2 Å². The normalized spacial score (nSPS) is 11.8. The highest BCUT2D eigenvalue weighted by Crippen LogP contribution is 2.25. The summed E-state index contributed by atoms with van der Waals surface area (Å²) in [6.45, 7) is 0. The summed E-state index contributed by atoms with van der Waals surface area (Å²) in [5.41, 5.74) is 1.59. The van der Waals surface area contributed by atoms with Crippen LogP contribution in [0.15, 0.2) is 71.1 Å². The molecule has 0 aliphatic rings. The number of methoxy groups -OCH3 is 2. The minimum atomic E-state index is -1.09. The first-order valence-corrected chi connectivity index (χ1v) is 9.06. The third kappa shape index (κ3) is 4.86. The molecule has 152 valence electrons. The molecule has 0 atom stereocenters. The predicted octanol–water partition coefficient (Wildman–Crippen LogP) is 4.63. The van der Waals surface area contributed by atoms with E-state index in [1.165, 1.54) is 13.2 Å². The molecule has 6 nitrogen and oxygen atoms in total. The lowest BCUT2D eigenvalue weighted by Crippen LogP contribution is -2.03. The maximum Gasteiger partial charge on any atom is 0.338 e. The molecule has 0 fully saturated rings. The molecule has 0 amide bonds. The molecule has 6 heteroatoms. The van der Waals surface area contributed by atoms with E-state index in [0.29, 0.717) is 34.0 Å². The van der Waals surface area contributed by atoms with Crippen molar-refractivity contribution in [2.45, 2.75) is 0 Å². The lowest BCUT2D eigenvalue weighted by Gasteiger charge is -2.05. The van der Waals surface area contributed by atoms with Crippen molar-refractivity contribution in [1.29, 1.82) is 0 Å². The Bertz CT molecular complexity index is 1090. The topological polar surface area (TPSA) is 86.0 Å². The molecule has 0 aliphatic heterocycles. The van der Waals surface area contributed by atoms with Crippen LogP contribution in [0.25, 0.3) is 23.3 Å². The van der Waals surface area contributed by atoms with E-state index in [1.54, 1.807) is 61.7 Å². The molecule has 0 radical (unpaired) electrons. The number of hydrogen-bond acceptors (Lipinski definition) is 5. The molecule has 3 aromatic rings. The van der Waals surface area contributed by atoms with Crippen molar-refractivity contribution in [3.8, 4) is 5.75 Å². The molecule has 2 aromatic carbocycles. The average Bonchev–Trinajstić information content (AvgIpc) is 3.23. The molecule has 0 saturated carbocycles. The Balaban J connectivity index is 1.95. The van der Waals surface area contributed by atoms with Crippen LogP contribution < -0.4 is 4.74 Å². The van der Waals surface area contributed by atoms with Gasteiger partial charge in [0.05, 0.1) is 25.4 Å². The summed E-state index contributed by atoms with van der Waals surface area (Å²) >= 11 is 0. The third-order valence-corrected chi connectivity index (χ3v) is 4.34. The molecule has 0 saturated heterocycles. The number of furan rings is 1. The quantitative estimate of drug-likeness (QED) is 0.457. The highest BCUT2D eigenvalue weighted by atomic mass is 16.5. The average molecular weight is 404 g/mol. The van der Waals surface area contributed by atoms with Gasteiger partial charge >= 0.3 is 11.9 Å². The Labute approximate surface area is 173 Å². The number of carboxylic acid groups (broad SMARTS) is 1. The maximum atomic E-state index is 12.2. The molecule has 0 aliphatic carbocycles. The van der Waals surface area contributed by atoms with Crippen molar-refractivity contribution < 1.29 is 28.6 Å². The van der Waals surface area contributed by atoms with E-state index in [4.69, 9.17) is 13.9 Å². The van der Waals surface area contributed by atoms with E-state index >= 15 is 0 Å². The fourth-order valence-electron chi connectivity index (χ4n) is 2.83. The summed E-state index contributed by atoms with van der Waals surface area (Å²) in [5.74, 6) is -0.228. The van der Waals surface area contributed by atoms with Gasteiger partial charge in [-0.25, -0.2) is 9.59 Å². The smallest absolute Gasteiger partial charge is 0.338 e. The molecule has 3 rings (SSSR count). The van der Waals surface area contributed by atoms with Gasteiger partial charge < -0.3 is 19.0 Å². The molecular weight excluding hydrogens is 384 g/mol. The van der Waals surface area contributed by atoms with Crippen LogP contribution in [0.5, 0.6) is 5.75 Å². The Morgan fingerprint density at radius 3 is 1.90 bits per heavy atom. The van der Waals surface area contributed by atoms with Crippen LogP contribution >= 0.6 is 0 Å². The second kappa shape index (κ2) is 9.43. The van der Waals surface area contributed by atoms with Gasteiger partial charge in [0.25, 0.3) is 0 Å². The number of hydrogen-bond donors (Lipinski definition) is 1. The van der Waals surface area contributed by atoms with Crippen molar-refractivity contribution in [1.82, 2.24) is 0 Å². The number of benzene rings is 2. The van der Waals surface area contributed by atoms with E-state index in [2.05, 4.69) is 0 Å². The fraction of sp³-hybridized carbons (Fsp3) is 0.0833. The van der Waals surface area contributed by atoms with Crippen LogP contribution in [-0.2, 0) is 14.3 Å². The van der Waals surface area contributed by atoms with Crippen LogP contribution in [0.3, 0.4) is 0 Å². The highest BCUT2D eigenvalue weighted by molar-refractivity contribution is 6.21. The van der Waals surface area contributed by atoms with Crippen LogP contribution in [0.2, 0.25) is 0 Å². The van der Waals surface area contributed by atoms with Crippen molar-refractivity contribution in [3.05, 3.63) is 89.4 Å². The summed E-state index contributed by atoms with van der Waals surface area (Å²) in [6.07, 6.45) is 2.99. The largest absolute Gasteiger partial charge is 0.497 e. The van der Waals surface area contributed by atoms with Gasteiger partial charge in [0.15, 0.2) is 0 Å². The van der Waals surface area contributed by atoms with Gasteiger partial charge in [-0.1, -0.05) is 42.5 Å². The van der Waals surface area contributed by atoms with Gasteiger partial charge in [-0.2, -0.15) is 0 Å². The van der Waals surface area contributed by atoms with E-state index in [-0.39, 0.29) is 5.57 Å². The molecule has 0 unspecified atom stereocenters. The molecule has 30 heavy (non-hydrogen) atoms. The molecule has 1 heterocycles. The van der Waals surface area contributed by atoms with E-state index in [9.17, 15) is 14.7 Å². The standard InChI is InChI=1S/C24H20O6/c1-28-18-10-8-17(9-11-18)21(23(25)26)14-19-12-13-20(30-19)15-22(24(27)29-2)16-6-4-3-5-7-16/h3-15H,1-2H3,(H,25,26)/b21-14+,22-15-.